The van der Waals surface area contributed by atoms with Gasteiger partial charge in [0, 0.05) is 23.6 Å². The van der Waals surface area contributed by atoms with Crippen molar-refractivity contribution >= 4 is 28.4 Å². The molecule has 0 radical (unpaired) electrons. The highest BCUT2D eigenvalue weighted by molar-refractivity contribution is 7.98. The number of amides is 1. The van der Waals surface area contributed by atoms with Crippen molar-refractivity contribution in [1.82, 2.24) is 5.32 Å². The van der Waals surface area contributed by atoms with Crippen molar-refractivity contribution in [3.8, 4) is 11.5 Å². The van der Waals surface area contributed by atoms with Gasteiger partial charge in [-0.25, -0.2) is 0 Å². The number of fused-ring (bicyclic) bond motifs is 1. The van der Waals surface area contributed by atoms with Gasteiger partial charge in [-0.3, -0.25) is 4.79 Å². The van der Waals surface area contributed by atoms with Crippen molar-refractivity contribution in [3.05, 3.63) is 71.8 Å². The molecule has 0 unspecified atom stereocenters. The molecule has 0 heterocycles. The first-order chi connectivity index (χ1) is 14.2. The Morgan fingerprint density at radius 1 is 0.931 bits per heavy atom. The Hall–Kier alpha value is -2.66. The third kappa shape index (κ3) is 5.67. The molecule has 1 amide bonds. The quantitative estimate of drug-likeness (QED) is 0.462. The number of ether oxygens (including phenoxy) is 2. The predicted octanol–water partition coefficient (Wildman–Crippen LogP) is 5.30. The fraction of sp³-hybridized carbons (Fsp3) is 0.292. The summed E-state index contributed by atoms with van der Waals surface area (Å²) in [4.78, 5) is 12.5. The van der Waals surface area contributed by atoms with Crippen molar-refractivity contribution in [1.29, 1.82) is 0 Å². The summed E-state index contributed by atoms with van der Waals surface area (Å²) in [5.41, 5.74) is 1.91. The topological polar surface area (TPSA) is 47.6 Å². The minimum Gasteiger partial charge on any atom is -0.490 e. The first kappa shape index (κ1) is 21.1. The van der Waals surface area contributed by atoms with Crippen LogP contribution in [0.3, 0.4) is 0 Å². The number of thioether (sulfide) groups is 1. The molecule has 3 aromatic rings. The fourth-order valence-electron chi connectivity index (χ4n) is 3.13. The third-order valence-electron chi connectivity index (χ3n) is 4.48. The lowest BCUT2D eigenvalue weighted by molar-refractivity contribution is 0.0955. The van der Waals surface area contributed by atoms with Crippen molar-refractivity contribution in [3.63, 3.8) is 0 Å². The van der Waals surface area contributed by atoms with Gasteiger partial charge in [0.1, 0.15) is 0 Å². The lowest BCUT2D eigenvalue weighted by atomic mass is 10.1. The summed E-state index contributed by atoms with van der Waals surface area (Å²) in [5.74, 6) is 2.95. The highest BCUT2D eigenvalue weighted by Gasteiger charge is 2.11. The number of rotatable bonds is 10. The number of carbonyl (C=O) groups excluding carboxylic acids is 1. The van der Waals surface area contributed by atoms with E-state index in [9.17, 15) is 4.79 Å². The van der Waals surface area contributed by atoms with E-state index >= 15 is 0 Å². The van der Waals surface area contributed by atoms with Gasteiger partial charge >= 0.3 is 0 Å². The molecule has 3 aromatic carbocycles. The number of nitrogens with one attached hydrogen (secondary N) is 1. The molecular formula is C24H27NO3S. The maximum absolute atomic E-state index is 12.5. The van der Waals surface area contributed by atoms with Gasteiger partial charge in [0.25, 0.3) is 5.91 Å². The molecule has 29 heavy (non-hydrogen) atoms. The maximum Gasteiger partial charge on any atom is 0.251 e. The zero-order valence-electron chi connectivity index (χ0n) is 16.9. The van der Waals surface area contributed by atoms with Crippen LogP contribution in [0.4, 0.5) is 0 Å². The average Bonchev–Trinajstić information content (AvgIpc) is 2.75. The molecule has 3 rings (SSSR count). The van der Waals surface area contributed by atoms with Crippen LogP contribution >= 0.6 is 11.8 Å². The van der Waals surface area contributed by atoms with Crippen LogP contribution in [0.5, 0.6) is 11.5 Å². The van der Waals surface area contributed by atoms with E-state index in [0.29, 0.717) is 36.8 Å². The highest BCUT2D eigenvalue weighted by atomic mass is 32.2. The van der Waals surface area contributed by atoms with Crippen LogP contribution in [0.15, 0.2) is 60.7 Å². The van der Waals surface area contributed by atoms with Crippen LogP contribution in [0.2, 0.25) is 0 Å². The van der Waals surface area contributed by atoms with Crippen LogP contribution in [0.1, 0.15) is 29.8 Å². The van der Waals surface area contributed by atoms with E-state index in [2.05, 4.69) is 47.8 Å². The Morgan fingerprint density at radius 2 is 1.69 bits per heavy atom. The van der Waals surface area contributed by atoms with Gasteiger partial charge in [0.05, 0.1) is 13.2 Å². The predicted molar refractivity (Wildman–Crippen MR) is 121 cm³/mol. The minimum absolute atomic E-state index is 0.0974. The number of hydrogen-bond acceptors (Lipinski definition) is 4. The zero-order valence-corrected chi connectivity index (χ0v) is 17.8. The van der Waals surface area contributed by atoms with Crippen molar-refractivity contribution in [2.45, 2.75) is 19.6 Å². The molecule has 4 nitrogen and oxygen atoms in total. The van der Waals surface area contributed by atoms with Crippen molar-refractivity contribution in [2.24, 2.45) is 0 Å². The van der Waals surface area contributed by atoms with Crippen LogP contribution in [0.25, 0.3) is 10.8 Å². The van der Waals surface area contributed by atoms with E-state index < -0.39 is 0 Å². The normalized spacial score (nSPS) is 10.7. The van der Waals surface area contributed by atoms with Crippen molar-refractivity contribution < 1.29 is 14.3 Å². The maximum atomic E-state index is 12.5. The van der Waals surface area contributed by atoms with E-state index in [-0.39, 0.29) is 5.91 Å². The molecule has 0 bridgehead atoms. The smallest absolute Gasteiger partial charge is 0.251 e. The Bertz CT molecular complexity index is 953. The van der Waals surface area contributed by atoms with Gasteiger partial charge in [-0.15, -0.1) is 0 Å². The Labute approximate surface area is 176 Å². The van der Waals surface area contributed by atoms with Crippen molar-refractivity contribution in [2.75, 3.05) is 25.5 Å². The minimum atomic E-state index is -0.0974. The van der Waals surface area contributed by atoms with E-state index in [1.807, 2.05) is 25.6 Å². The molecule has 0 saturated carbocycles. The second kappa shape index (κ2) is 10.8. The molecule has 0 fully saturated rings. The Morgan fingerprint density at radius 3 is 2.52 bits per heavy atom. The van der Waals surface area contributed by atoms with Gasteiger partial charge in [-0.1, -0.05) is 42.5 Å². The summed E-state index contributed by atoms with van der Waals surface area (Å²) in [5, 5.41) is 5.55. The number of benzene rings is 3. The molecule has 0 spiro atoms. The number of hydrogen-bond donors (Lipinski definition) is 1. The van der Waals surface area contributed by atoms with Crippen LogP contribution in [0, 0.1) is 0 Å². The summed E-state index contributed by atoms with van der Waals surface area (Å²) in [6, 6.07) is 20.1. The summed E-state index contributed by atoms with van der Waals surface area (Å²) >= 11 is 1.82. The van der Waals surface area contributed by atoms with Crippen LogP contribution in [-0.4, -0.2) is 31.4 Å². The highest BCUT2D eigenvalue weighted by Crippen LogP contribution is 2.28. The van der Waals surface area contributed by atoms with Crippen LogP contribution < -0.4 is 14.8 Å². The summed E-state index contributed by atoms with van der Waals surface area (Å²) < 4.78 is 11.1. The van der Waals surface area contributed by atoms with E-state index in [4.69, 9.17) is 9.47 Å². The lowest BCUT2D eigenvalue weighted by Crippen LogP contribution is -2.25. The molecule has 0 aliphatic rings. The molecule has 0 saturated heterocycles. The second-order valence-electron chi connectivity index (χ2n) is 6.47. The largest absolute Gasteiger partial charge is 0.490 e. The molecule has 1 N–H and O–H groups in total. The van der Waals surface area contributed by atoms with E-state index in [1.165, 1.54) is 16.3 Å². The molecule has 152 valence electrons. The van der Waals surface area contributed by atoms with Gasteiger partial charge in [-0.2, -0.15) is 11.8 Å². The van der Waals surface area contributed by atoms with E-state index in [0.717, 1.165) is 11.5 Å². The zero-order chi connectivity index (χ0) is 20.5. The first-order valence-corrected chi connectivity index (χ1v) is 11.1. The molecule has 0 aliphatic heterocycles. The third-order valence-corrected chi connectivity index (χ3v) is 5.48. The Kier molecular flexibility index (Phi) is 7.82. The molecule has 5 heteroatoms. The first-order valence-electron chi connectivity index (χ1n) is 9.95. The van der Waals surface area contributed by atoms with E-state index in [1.54, 1.807) is 18.2 Å². The summed E-state index contributed by atoms with van der Waals surface area (Å²) in [6.07, 6.45) is 0. The summed E-state index contributed by atoms with van der Waals surface area (Å²) in [6.45, 7) is 5.53. The summed E-state index contributed by atoms with van der Waals surface area (Å²) in [7, 11) is 0. The lowest BCUT2D eigenvalue weighted by Gasteiger charge is -2.12. The van der Waals surface area contributed by atoms with Crippen LogP contribution in [-0.2, 0) is 5.75 Å². The van der Waals surface area contributed by atoms with Gasteiger partial charge in [0.15, 0.2) is 11.5 Å². The number of carbonyl (C=O) groups is 1. The Balaban J connectivity index is 1.50. The van der Waals surface area contributed by atoms with Gasteiger partial charge < -0.3 is 14.8 Å². The average molecular weight is 410 g/mol. The standard InChI is InChI=1S/C24H27NO3S/c1-3-27-22-13-12-19(16-23(22)28-4-2)24(26)25-14-15-29-17-20-10-7-9-18-8-5-6-11-21(18)20/h5-13,16H,3-4,14-15,17H2,1-2H3,(H,25,26). The van der Waals surface area contributed by atoms with Gasteiger partial charge in [-0.05, 0) is 48.4 Å². The SMILES string of the molecule is CCOc1ccc(C(=O)NCCSCc2cccc3ccccc23)cc1OCC. The molecule has 0 aliphatic carbocycles. The van der Waals surface area contributed by atoms with Gasteiger partial charge in [0.2, 0.25) is 0 Å². The fourth-order valence-corrected chi connectivity index (χ4v) is 3.99. The molecule has 0 aromatic heterocycles. The second-order valence-corrected chi connectivity index (χ2v) is 7.58. The molecular weight excluding hydrogens is 382 g/mol. The molecule has 0 atom stereocenters. The monoisotopic (exact) mass is 409 g/mol.